The topological polar surface area (TPSA) is 129 Å². The third-order valence-electron chi connectivity index (χ3n) is 5.37. The van der Waals surface area contributed by atoms with Gasteiger partial charge in [0.05, 0.1) is 12.7 Å². The van der Waals surface area contributed by atoms with Crippen molar-refractivity contribution < 1.29 is 26.4 Å². The Bertz CT molecular complexity index is 1410. The van der Waals surface area contributed by atoms with Crippen LogP contribution in [0.25, 0.3) is 0 Å². The zero-order valence-electron chi connectivity index (χ0n) is 19.2. The molecule has 1 aliphatic heterocycles. The van der Waals surface area contributed by atoms with Crippen LogP contribution in [0, 0.1) is 0 Å². The number of aromatic nitrogens is 3. The lowest BCUT2D eigenvalue weighted by Gasteiger charge is -2.22. The molecule has 0 radical (unpaired) electrons. The van der Waals surface area contributed by atoms with Crippen LogP contribution in [0.1, 0.15) is 23.6 Å². The molecule has 14 heteroatoms. The number of pyridine rings is 1. The van der Waals surface area contributed by atoms with Gasteiger partial charge in [0, 0.05) is 48.0 Å². The molecule has 0 fully saturated rings. The number of nitrogens with one attached hydrogen (secondary N) is 3. The number of anilines is 5. The van der Waals surface area contributed by atoms with Crippen LogP contribution >= 0.6 is 0 Å². The molecular weight excluding hydrogens is 499 g/mol. The first kappa shape index (κ1) is 25.2. The van der Waals surface area contributed by atoms with E-state index in [2.05, 4.69) is 30.9 Å². The minimum Gasteiger partial charge on any atom is -0.365 e. The van der Waals surface area contributed by atoms with Gasteiger partial charge in [-0.1, -0.05) is 12.1 Å². The third-order valence-corrected chi connectivity index (χ3v) is 6.60. The molecular formula is C22H22F3N7O3S. The Kier molecular flexibility index (Phi) is 6.71. The summed E-state index contributed by atoms with van der Waals surface area (Å²) >= 11 is 0. The first-order valence-electron chi connectivity index (χ1n) is 10.8. The van der Waals surface area contributed by atoms with Crippen LogP contribution < -0.4 is 20.3 Å². The second-order valence-electron chi connectivity index (χ2n) is 7.90. The van der Waals surface area contributed by atoms with Gasteiger partial charge in [-0.25, -0.2) is 18.4 Å². The zero-order chi connectivity index (χ0) is 26.1. The Morgan fingerprint density at radius 2 is 1.94 bits per heavy atom. The maximum atomic E-state index is 13.7. The number of fused-ring (bicyclic) bond motifs is 1. The Balaban J connectivity index is 1.65. The van der Waals surface area contributed by atoms with Crippen molar-refractivity contribution in [3.63, 3.8) is 0 Å². The summed E-state index contributed by atoms with van der Waals surface area (Å²) in [5.41, 5.74) is 1.00. The molecule has 0 saturated heterocycles. The quantitative estimate of drug-likeness (QED) is 0.411. The van der Waals surface area contributed by atoms with Crippen LogP contribution in [0.3, 0.4) is 0 Å². The van der Waals surface area contributed by atoms with Gasteiger partial charge in [0.15, 0.2) is 0 Å². The smallest absolute Gasteiger partial charge is 0.365 e. The van der Waals surface area contributed by atoms with Gasteiger partial charge in [0.25, 0.3) is 0 Å². The number of halogens is 3. The molecule has 190 valence electrons. The minimum atomic E-state index is -4.74. The van der Waals surface area contributed by atoms with E-state index in [1.54, 1.807) is 37.3 Å². The highest BCUT2D eigenvalue weighted by Crippen LogP contribution is 2.36. The number of carbonyl (C=O) groups excluding carboxylic acids is 1. The van der Waals surface area contributed by atoms with Crippen LogP contribution in [0.15, 0.2) is 42.7 Å². The van der Waals surface area contributed by atoms with Crippen LogP contribution in [0.4, 0.5) is 42.1 Å². The van der Waals surface area contributed by atoms with Crippen LogP contribution in [0.5, 0.6) is 0 Å². The summed E-state index contributed by atoms with van der Waals surface area (Å²) in [4.78, 5) is 23.7. The molecule has 0 atom stereocenters. The Labute approximate surface area is 205 Å². The number of amides is 1. The van der Waals surface area contributed by atoms with E-state index in [0.717, 1.165) is 10.6 Å². The molecule has 0 aliphatic carbocycles. The molecule has 4 rings (SSSR count). The van der Waals surface area contributed by atoms with Crippen molar-refractivity contribution in [2.75, 3.05) is 33.1 Å². The molecule has 3 heterocycles. The highest BCUT2D eigenvalue weighted by Gasteiger charge is 2.35. The standard InChI is InChI=1S/C22H22F3N7O3S/c1-3-32(36(2,34)35)20-13(6-5-9-26-20)11-27-19-15(22(23,24)25)12-28-21(31-19)30-17-8-4-7-16-14(17)10-18(33)29-16/h4-9,12H,3,10-11H2,1-2H3,(H,29,33)(H2,27,28,30,31). The second kappa shape index (κ2) is 9.60. The molecule has 36 heavy (non-hydrogen) atoms. The molecule has 0 bridgehead atoms. The van der Waals surface area contributed by atoms with E-state index in [1.165, 1.54) is 6.20 Å². The fraction of sp³-hybridized carbons (Fsp3) is 0.273. The molecule has 0 spiro atoms. The molecule has 3 aromatic rings. The maximum absolute atomic E-state index is 13.7. The summed E-state index contributed by atoms with van der Waals surface area (Å²) in [6.07, 6.45) is -1.55. The van der Waals surface area contributed by atoms with Gasteiger partial charge in [-0.3, -0.25) is 9.10 Å². The molecule has 1 aliphatic rings. The Morgan fingerprint density at radius 1 is 1.17 bits per heavy atom. The molecule has 1 aromatic carbocycles. The number of benzene rings is 1. The maximum Gasteiger partial charge on any atom is 0.421 e. The lowest BCUT2D eigenvalue weighted by atomic mass is 10.1. The first-order valence-corrected chi connectivity index (χ1v) is 12.6. The third kappa shape index (κ3) is 5.32. The number of hydrogen-bond acceptors (Lipinski definition) is 8. The monoisotopic (exact) mass is 521 g/mol. The van der Waals surface area contributed by atoms with Crippen molar-refractivity contribution in [1.82, 2.24) is 15.0 Å². The van der Waals surface area contributed by atoms with Crippen molar-refractivity contribution in [2.24, 2.45) is 0 Å². The number of sulfonamides is 1. The molecule has 2 aromatic heterocycles. The fourth-order valence-electron chi connectivity index (χ4n) is 3.78. The van der Waals surface area contributed by atoms with E-state index in [4.69, 9.17) is 0 Å². The average molecular weight is 522 g/mol. The van der Waals surface area contributed by atoms with E-state index in [1.807, 2.05) is 0 Å². The van der Waals surface area contributed by atoms with Crippen molar-refractivity contribution in [3.05, 3.63) is 59.4 Å². The second-order valence-corrected chi connectivity index (χ2v) is 9.81. The van der Waals surface area contributed by atoms with Gasteiger partial charge in [-0.15, -0.1) is 0 Å². The summed E-state index contributed by atoms with van der Waals surface area (Å²) in [7, 11) is -3.66. The average Bonchev–Trinajstić information content (AvgIpc) is 3.18. The summed E-state index contributed by atoms with van der Waals surface area (Å²) in [6, 6.07) is 8.18. The summed E-state index contributed by atoms with van der Waals surface area (Å²) < 4.78 is 66.4. The van der Waals surface area contributed by atoms with Crippen molar-refractivity contribution in [2.45, 2.75) is 26.1 Å². The van der Waals surface area contributed by atoms with Gasteiger partial charge in [0.1, 0.15) is 17.2 Å². The van der Waals surface area contributed by atoms with Crippen LogP contribution in [0.2, 0.25) is 0 Å². The molecule has 0 unspecified atom stereocenters. The SMILES string of the molecule is CCN(c1ncccc1CNc1nc(Nc2cccc3c2CC(=O)N3)ncc1C(F)(F)F)S(C)(=O)=O. The Morgan fingerprint density at radius 3 is 2.64 bits per heavy atom. The highest BCUT2D eigenvalue weighted by atomic mass is 32.2. The molecule has 1 amide bonds. The molecule has 3 N–H and O–H groups in total. The number of nitrogens with zero attached hydrogens (tertiary/aromatic N) is 4. The van der Waals surface area contributed by atoms with E-state index in [-0.39, 0.29) is 37.2 Å². The predicted molar refractivity (Wildman–Crippen MR) is 129 cm³/mol. The van der Waals surface area contributed by atoms with Crippen LogP contribution in [-0.4, -0.2) is 42.1 Å². The first-order chi connectivity index (χ1) is 17.0. The molecule has 0 saturated carbocycles. The van der Waals surface area contributed by atoms with Gasteiger partial charge >= 0.3 is 6.18 Å². The van der Waals surface area contributed by atoms with E-state index >= 15 is 0 Å². The van der Waals surface area contributed by atoms with Crippen molar-refractivity contribution in [3.8, 4) is 0 Å². The summed E-state index contributed by atoms with van der Waals surface area (Å²) in [5, 5.41) is 8.23. The van der Waals surface area contributed by atoms with Gasteiger partial charge in [-0.05, 0) is 25.1 Å². The number of alkyl halides is 3. The number of hydrogen-bond donors (Lipinski definition) is 3. The van der Waals surface area contributed by atoms with Gasteiger partial charge in [-0.2, -0.15) is 18.2 Å². The summed E-state index contributed by atoms with van der Waals surface area (Å²) in [5.74, 6) is -0.708. The normalized spacial score (nSPS) is 13.2. The Hall–Kier alpha value is -3.94. The van der Waals surface area contributed by atoms with E-state index in [9.17, 15) is 26.4 Å². The number of carbonyl (C=O) groups is 1. The van der Waals surface area contributed by atoms with E-state index < -0.39 is 27.6 Å². The predicted octanol–water partition coefficient (Wildman–Crippen LogP) is 3.53. The van der Waals surface area contributed by atoms with Crippen LogP contribution in [-0.2, 0) is 34.0 Å². The highest BCUT2D eigenvalue weighted by molar-refractivity contribution is 7.92. The fourth-order valence-corrected chi connectivity index (χ4v) is 4.73. The number of rotatable bonds is 8. The van der Waals surface area contributed by atoms with Crippen molar-refractivity contribution in [1.29, 1.82) is 0 Å². The largest absolute Gasteiger partial charge is 0.421 e. The van der Waals surface area contributed by atoms with Gasteiger partial charge < -0.3 is 16.0 Å². The zero-order valence-corrected chi connectivity index (χ0v) is 20.0. The van der Waals surface area contributed by atoms with Gasteiger partial charge in [0.2, 0.25) is 21.9 Å². The summed E-state index contributed by atoms with van der Waals surface area (Å²) in [6.45, 7) is 1.53. The lowest BCUT2D eigenvalue weighted by Crippen LogP contribution is -2.31. The minimum absolute atomic E-state index is 0.0942. The van der Waals surface area contributed by atoms with E-state index in [0.29, 0.717) is 28.7 Å². The lowest BCUT2D eigenvalue weighted by molar-refractivity contribution is -0.137. The molecule has 10 nitrogen and oxygen atoms in total. The van der Waals surface area contributed by atoms with Crippen molar-refractivity contribution >= 4 is 44.9 Å².